The Morgan fingerprint density at radius 2 is 1.46 bits per heavy atom. The maximum absolute atomic E-state index is 13.6. The van der Waals surface area contributed by atoms with Gasteiger partial charge in [-0.2, -0.15) is 0 Å². The number of benzene rings is 2. The minimum Gasteiger partial charge on any atom is -0.369 e. The summed E-state index contributed by atoms with van der Waals surface area (Å²) in [4.78, 5) is 18.7. The van der Waals surface area contributed by atoms with Gasteiger partial charge in [-0.05, 0) is 43.4 Å². The van der Waals surface area contributed by atoms with Crippen LogP contribution in [-0.4, -0.2) is 42.9 Å². The molecule has 3 fully saturated rings. The summed E-state index contributed by atoms with van der Waals surface area (Å²) >= 11 is 0. The van der Waals surface area contributed by atoms with Gasteiger partial charge in [-0.3, -0.25) is 9.69 Å². The molecule has 146 valence electrons. The molecule has 5 rings (SSSR count). The lowest BCUT2D eigenvalue weighted by Crippen LogP contribution is -2.60. The van der Waals surface area contributed by atoms with Crippen LogP contribution in [0.15, 0.2) is 60.7 Å². The second kappa shape index (κ2) is 7.36. The number of hydrogen-bond acceptors (Lipinski definition) is 3. The molecular weight excluding hydrogens is 344 g/mol. The van der Waals surface area contributed by atoms with E-state index in [0.29, 0.717) is 11.8 Å². The Morgan fingerprint density at radius 3 is 2.18 bits per heavy atom. The van der Waals surface area contributed by atoms with E-state index in [1.807, 2.05) is 0 Å². The molecule has 2 bridgehead atoms. The molecule has 3 aliphatic rings. The molecule has 3 atom stereocenters. The summed E-state index contributed by atoms with van der Waals surface area (Å²) in [6.45, 7) is 4.26. The van der Waals surface area contributed by atoms with E-state index in [-0.39, 0.29) is 11.3 Å². The third-order valence-corrected chi connectivity index (χ3v) is 7.49. The van der Waals surface area contributed by atoms with Crippen molar-refractivity contribution < 1.29 is 4.79 Å². The average Bonchev–Trinajstić information content (AvgIpc) is 2.76. The van der Waals surface area contributed by atoms with Gasteiger partial charge in [0.15, 0.2) is 0 Å². The third kappa shape index (κ3) is 2.97. The number of anilines is 1. The highest BCUT2D eigenvalue weighted by Crippen LogP contribution is 2.49. The number of carbonyl (C=O) groups is 1. The monoisotopic (exact) mass is 374 g/mol. The highest BCUT2D eigenvalue weighted by Gasteiger charge is 2.52. The first-order chi connectivity index (χ1) is 13.8. The van der Waals surface area contributed by atoms with E-state index in [0.717, 1.165) is 51.9 Å². The summed E-state index contributed by atoms with van der Waals surface area (Å²) in [6.07, 6.45) is 5.50. The van der Waals surface area contributed by atoms with Crippen molar-refractivity contribution >= 4 is 11.5 Å². The van der Waals surface area contributed by atoms with Gasteiger partial charge in [-0.15, -0.1) is 0 Å². The predicted molar refractivity (Wildman–Crippen MR) is 114 cm³/mol. The first-order valence-electron chi connectivity index (χ1n) is 10.9. The number of Topliss-reactive ketones (excluding diaryl/α,β-unsaturated/α-hetero) is 1. The lowest BCUT2D eigenvalue weighted by molar-refractivity contribution is -0.138. The molecular formula is C25H30N2O. The number of rotatable bonds is 3. The first kappa shape index (κ1) is 17.9. The van der Waals surface area contributed by atoms with Crippen LogP contribution in [0, 0.1) is 5.92 Å². The Kier molecular flexibility index (Phi) is 4.72. The van der Waals surface area contributed by atoms with Crippen LogP contribution in [0.4, 0.5) is 5.69 Å². The fourth-order valence-corrected chi connectivity index (χ4v) is 6.02. The zero-order chi connectivity index (χ0) is 19.0. The number of hydrogen-bond donors (Lipinski definition) is 0. The van der Waals surface area contributed by atoms with E-state index in [9.17, 15) is 4.79 Å². The summed E-state index contributed by atoms with van der Waals surface area (Å²) in [6, 6.07) is 21.8. The maximum Gasteiger partial charge on any atom is 0.148 e. The van der Waals surface area contributed by atoms with Crippen molar-refractivity contribution in [2.24, 2.45) is 5.92 Å². The highest BCUT2D eigenvalue weighted by molar-refractivity contribution is 5.94. The SMILES string of the molecule is O=C1C2CCCC1(c1ccccc1)CCC2N1CCN(c2ccccc2)CC1. The van der Waals surface area contributed by atoms with Crippen LogP contribution in [0.5, 0.6) is 0 Å². The summed E-state index contributed by atoms with van der Waals surface area (Å²) < 4.78 is 0. The second-order valence-corrected chi connectivity index (χ2v) is 8.78. The van der Waals surface area contributed by atoms with Gasteiger partial charge in [-0.1, -0.05) is 55.0 Å². The molecule has 2 aliphatic carbocycles. The molecule has 3 heteroatoms. The fraction of sp³-hybridized carbons (Fsp3) is 0.480. The summed E-state index contributed by atoms with van der Waals surface area (Å²) in [7, 11) is 0. The maximum atomic E-state index is 13.6. The van der Waals surface area contributed by atoms with E-state index >= 15 is 0 Å². The van der Waals surface area contributed by atoms with E-state index < -0.39 is 0 Å². The molecule has 2 aromatic rings. The lowest BCUT2D eigenvalue weighted by Gasteiger charge is -2.52. The minimum absolute atomic E-state index is 0.202. The number of piperazine rings is 1. The summed E-state index contributed by atoms with van der Waals surface area (Å²) in [5, 5.41) is 0. The van der Waals surface area contributed by atoms with Crippen molar-refractivity contribution in [3.63, 3.8) is 0 Å². The van der Waals surface area contributed by atoms with Gasteiger partial charge in [0.05, 0.1) is 5.41 Å². The third-order valence-electron chi connectivity index (χ3n) is 7.49. The molecule has 3 unspecified atom stereocenters. The topological polar surface area (TPSA) is 23.6 Å². The van der Waals surface area contributed by atoms with Crippen LogP contribution >= 0.6 is 0 Å². The van der Waals surface area contributed by atoms with Crippen molar-refractivity contribution in [2.75, 3.05) is 31.1 Å². The molecule has 0 radical (unpaired) electrons. The van der Waals surface area contributed by atoms with E-state index in [1.54, 1.807) is 0 Å². The number of fused-ring (bicyclic) bond motifs is 2. The summed E-state index contributed by atoms with van der Waals surface area (Å²) in [5.74, 6) is 0.762. The summed E-state index contributed by atoms with van der Waals surface area (Å²) in [5.41, 5.74) is 2.38. The zero-order valence-corrected chi connectivity index (χ0v) is 16.6. The van der Waals surface area contributed by atoms with Crippen LogP contribution in [0.3, 0.4) is 0 Å². The van der Waals surface area contributed by atoms with Gasteiger partial charge >= 0.3 is 0 Å². The second-order valence-electron chi connectivity index (χ2n) is 8.78. The molecule has 2 saturated carbocycles. The molecule has 2 aromatic carbocycles. The molecule has 0 spiro atoms. The van der Waals surface area contributed by atoms with Gasteiger partial charge in [0.1, 0.15) is 5.78 Å². The average molecular weight is 375 g/mol. The fourth-order valence-electron chi connectivity index (χ4n) is 6.02. The van der Waals surface area contributed by atoms with Gasteiger partial charge in [-0.25, -0.2) is 0 Å². The Morgan fingerprint density at radius 1 is 0.786 bits per heavy atom. The van der Waals surface area contributed by atoms with Crippen molar-refractivity contribution in [3.8, 4) is 0 Å². The van der Waals surface area contributed by atoms with Gasteiger partial charge in [0.25, 0.3) is 0 Å². The van der Waals surface area contributed by atoms with Gasteiger partial charge in [0.2, 0.25) is 0 Å². The van der Waals surface area contributed by atoms with Gasteiger partial charge < -0.3 is 4.90 Å². The molecule has 0 N–H and O–H groups in total. The van der Waals surface area contributed by atoms with Crippen LogP contribution < -0.4 is 4.90 Å². The Bertz CT molecular complexity index is 813. The molecule has 0 aromatic heterocycles. The van der Waals surface area contributed by atoms with E-state index in [1.165, 1.54) is 17.7 Å². The van der Waals surface area contributed by atoms with E-state index in [2.05, 4.69) is 70.5 Å². The first-order valence-corrected chi connectivity index (χ1v) is 10.9. The zero-order valence-electron chi connectivity index (χ0n) is 16.6. The van der Waals surface area contributed by atoms with Crippen LogP contribution in [0.25, 0.3) is 0 Å². The molecule has 28 heavy (non-hydrogen) atoms. The van der Waals surface area contributed by atoms with Crippen molar-refractivity contribution in [2.45, 2.75) is 43.6 Å². The Balaban J connectivity index is 1.30. The highest BCUT2D eigenvalue weighted by atomic mass is 16.1. The minimum atomic E-state index is -0.202. The van der Waals surface area contributed by atoms with Crippen LogP contribution in [0.2, 0.25) is 0 Å². The lowest BCUT2D eigenvalue weighted by atomic mass is 9.56. The van der Waals surface area contributed by atoms with Gasteiger partial charge in [0, 0.05) is 43.8 Å². The Hall–Kier alpha value is -2.13. The quantitative estimate of drug-likeness (QED) is 0.801. The standard InChI is InChI=1S/C25H30N2O/c28-24-22-12-7-14-25(24,20-8-3-1-4-9-20)15-13-23(22)27-18-16-26(17-19-27)21-10-5-2-6-11-21/h1-6,8-11,22-23H,7,12-19H2. The normalized spacial score (nSPS) is 31.0. The van der Waals surface area contributed by atoms with Crippen molar-refractivity contribution in [1.82, 2.24) is 4.90 Å². The van der Waals surface area contributed by atoms with Crippen LogP contribution in [-0.2, 0) is 10.2 Å². The molecule has 1 saturated heterocycles. The number of carbonyl (C=O) groups excluding carboxylic acids is 1. The number of para-hydroxylation sites is 1. The number of ketones is 1. The molecule has 1 aliphatic heterocycles. The molecule has 0 amide bonds. The van der Waals surface area contributed by atoms with Crippen molar-refractivity contribution in [3.05, 3.63) is 66.2 Å². The Labute approximate surface area is 168 Å². The van der Waals surface area contributed by atoms with Crippen molar-refractivity contribution in [1.29, 1.82) is 0 Å². The van der Waals surface area contributed by atoms with Crippen LogP contribution in [0.1, 0.15) is 37.7 Å². The number of nitrogens with zero attached hydrogens (tertiary/aromatic N) is 2. The molecule has 3 nitrogen and oxygen atoms in total. The molecule has 1 heterocycles. The smallest absolute Gasteiger partial charge is 0.148 e. The predicted octanol–water partition coefficient (Wildman–Crippen LogP) is 4.28. The van der Waals surface area contributed by atoms with E-state index in [4.69, 9.17) is 0 Å². The largest absolute Gasteiger partial charge is 0.369 e.